The van der Waals surface area contributed by atoms with Gasteiger partial charge in [-0.15, -0.1) is 12.4 Å². The smallest absolute Gasteiger partial charge is 0.324 e. The molecule has 2 N–H and O–H groups in total. The van der Waals surface area contributed by atoms with Gasteiger partial charge in [0.2, 0.25) is 0 Å². The molecule has 0 aromatic heterocycles. The monoisotopic (exact) mass is 301 g/mol. The first-order chi connectivity index (χ1) is 7.71. The van der Waals surface area contributed by atoms with E-state index in [0.29, 0.717) is 17.9 Å². The van der Waals surface area contributed by atoms with Crippen molar-refractivity contribution in [3.8, 4) is 0 Å². The van der Waals surface area contributed by atoms with Crippen LogP contribution in [0.15, 0.2) is 18.2 Å². The van der Waals surface area contributed by atoms with E-state index in [1.807, 2.05) is 13.8 Å². The molecule has 0 aliphatic carbocycles. The predicted octanol–water partition coefficient (Wildman–Crippen LogP) is 4.83. The van der Waals surface area contributed by atoms with Gasteiger partial charge >= 0.3 is 6.18 Å². The van der Waals surface area contributed by atoms with Crippen molar-refractivity contribution < 1.29 is 13.2 Å². The zero-order chi connectivity index (χ0) is 13.2. The molecule has 1 rings (SSSR count). The second-order valence-corrected chi connectivity index (χ2v) is 4.88. The summed E-state index contributed by atoms with van der Waals surface area (Å²) in [6.07, 6.45) is -3.77. The number of hydrogen-bond donors (Lipinski definition) is 1. The van der Waals surface area contributed by atoms with Crippen LogP contribution in [0.5, 0.6) is 0 Å². The molecule has 0 spiro atoms. The van der Waals surface area contributed by atoms with Crippen LogP contribution in [-0.2, 0) is 6.18 Å². The number of halogens is 5. The Morgan fingerprint density at radius 2 is 1.83 bits per heavy atom. The first kappa shape index (κ1) is 17.6. The standard InChI is InChI=1S/C12H15ClF3N.ClH/c1-7(2)5-11(17)9-6-8(12(14,15)16)3-4-10(9)13;/h3-4,6-7,11H,5,17H2,1-2H3;1H/t11-;/m0./s1. The number of benzene rings is 1. The second kappa shape index (κ2) is 6.64. The van der Waals surface area contributed by atoms with Gasteiger partial charge in [0.25, 0.3) is 0 Å². The third kappa shape index (κ3) is 4.67. The molecule has 104 valence electrons. The molecule has 0 unspecified atom stereocenters. The average molecular weight is 302 g/mol. The zero-order valence-electron chi connectivity index (χ0n) is 10.1. The number of hydrogen-bond acceptors (Lipinski definition) is 1. The van der Waals surface area contributed by atoms with Crippen LogP contribution in [0.25, 0.3) is 0 Å². The van der Waals surface area contributed by atoms with Crippen LogP contribution in [0.4, 0.5) is 13.2 Å². The highest BCUT2D eigenvalue weighted by molar-refractivity contribution is 6.31. The Kier molecular flexibility index (Phi) is 6.47. The van der Waals surface area contributed by atoms with E-state index in [1.165, 1.54) is 6.07 Å². The fraction of sp³-hybridized carbons (Fsp3) is 0.500. The van der Waals surface area contributed by atoms with Gasteiger partial charge in [-0.2, -0.15) is 13.2 Å². The molecule has 18 heavy (non-hydrogen) atoms. The van der Waals surface area contributed by atoms with Gasteiger partial charge in [0.05, 0.1) is 5.56 Å². The van der Waals surface area contributed by atoms with Gasteiger partial charge in [0, 0.05) is 11.1 Å². The summed E-state index contributed by atoms with van der Waals surface area (Å²) >= 11 is 5.88. The zero-order valence-corrected chi connectivity index (χ0v) is 11.7. The molecule has 1 nitrogen and oxygen atoms in total. The van der Waals surface area contributed by atoms with Crippen molar-refractivity contribution in [2.75, 3.05) is 0 Å². The normalized spacial score (nSPS) is 13.3. The Hall–Kier alpha value is -0.450. The van der Waals surface area contributed by atoms with Gasteiger partial charge in [-0.1, -0.05) is 25.4 Å². The summed E-state index contributed by atoms with van der Waals surface area (Å²) in [5.74, 6) is 0.301. The Morgan fingerprint density at radius 1 is 1.28 bits per heavy atom. The van der Waals surface area contributed by atoms with Gasteiger partial charge in [-0.3, -0.25) is 0 Å². The van der Waals surface area contributed by atoms with Crippen molar-refractivity contribution in [2.24, 2.45) is 11.7 Å². The van der Waals surface area contributed by atoms with E-state index < -0.39 is 17.8 Å². The third-order valence-corrected chi connectivity index (χ3v) is 2.79. The van der Waals surface area contributed by atoms with E-state index in [-0.39, 0.29) is 17.4 Å². The van der Waals surface area contributed by atoms with Crippen molar-refractivity contribution in [3.63, 3.8) is 0 Å². The van der Waals surface area contributed by atoms with Crippen LogP contribution in [0.2, 0.25) is 5.02 Å². The molecule has 0 aliphatic heterocycles. The van der Waals surface area contributed by atoms with Gasteiger partial charge in [-0.25, -0.2) is 0 Å². The van der Waals surface area contributed by atoms with Crippen LogP contribution in [0, 0.1) is 5.92 Å². The van der Waals surface area contributed by atoms with Gasteiger partial charge < -0.3 is 5.73 Å². The number of rotatable bonds is 3. The number of alkyl halides is 3. The maximum absolute atomic E-state index is 12.5. The summed E-state index contributed by atoms with van der Waals surface area (Å²) in [5.41, 5.74) is 5.50. The summed E-state index contributed by atoms with van der Waals surface area (Å²) in [6, 6.07) is 2.79. The molecule has 0 fully saturated rings. The first-order valence-electron chi connectivity index (χ1n) is 5.34. The van der Waals surface area contributed by atoms with Crippen LogP contribution >= 0.6 is 24.0 Å². The van der Waals surface area contributed by atoms with Gasteiger partial charge in [-0.05, 0) is 36.1 Å². The molecule has 6 heteroatoms. The molecule has 0 radical (unpaired) electrons. The minimum atomic E-state index is -4.36. The Morgan fingerprint density at radius 3 is 2.28 bits per heavy atom. The van der Waals surface area contributed by atoms with Crippen LogP contribution in [0.3, 0.4) is 0 Å². The SMILES string of the molecule is CC(C)C[C@H](N)c1cc(C(F)(F)F)ccc1Cl.Cl. The fourth-order valence-corrected chi connectivity index (χ4v) is 1.90. The average Bonchev–Trinajstić information content (AvgIpc) is 2.15. The van der Waals surface area contributed by atoms with Crippen LogP contribution < -0.4 is 5.73 Å². The maximum Gasteiger partial charge on any atom is 0.416 e. The summed E-state index contributed by atoms with van der Waals surface area (Å²) < 4.78 is 37.6. The lowest BCUT2D eigenvalue weighted by atomic mass is 9.96. The highest BCUT2D eigenvalue weighted by atomic mass is 35.5. The summed E-state index contributed by atoms with van der Waals surface area (Å²) in [4.78, 5) is 0. The van der Waals surface area contributed by atoms with Crippen molar-refractivity contribution in [1.82, 2.24) is 0 Å². The third-order valence-electron chi connectivity index (χ3n) is 2.45. The predicted molar refractivity (Wildman–Crippen MR) is 70.1 cm³/mol. The summed E-state index contributed by atoms with van der Waals surface area (Å²) in [5, 5.41) is 0.283. The summed E-state index contributed by atoms with van der Waals surface area (Å²) in [6.45, 7) is 3.92. The molecule has 1 aromatic rings. The van der Waals surface area contributed by atoms with Crippen molar-refractivity contribution in [1.29, 1.82) is 0 Å². The molecule has 1 aromatic carbocycles. The lowest BCUT2D eigenvalue weighted by Crippen LogP contribution is -2.15. The van der Waals surface area contributed by atoms with Crippen LogP contribution in [0.1, 0.15) is 37.4 Å². The second-order valence-electron chi connectivity index (χ2n) is 4.47. The van der Waals surface area contributed by atoms with Crippen LogP contribution in [-0.4, -0.2) is 0 Å². The van der Waals surface area contributed by atoms with Crippen molar-refractivity contribution in [2.45, 2.75) is 32.5 Å². The summed E-state index contributed by atoms with van der Waals surface area (Å²) in [7, 11) is 0. The molecule has 0 aliphatic rings. The highest BCUT2D eigenvalue weighted by Gasteiger charge is 2.31. The molecule has 0 heterocycles. The van der Waals surface area contributed by atoms with E-state index in [1.54, 1.807) is 0 Å². The minimum Gasteiger partial charge on any atom is -0.324 e. The maximum atomic E-state index is 12.5. The molecule has 0 saturated carbocycles. The Bertz CT molecular complexity index is 391. The largest absolute Gasteiger partial charge is 0.416 e. The van der Waals surface area contributed by atoms with E-state index in [9.17, 15) is 13.2 Å². The number of nitrogens with two attached hydrogens (primary N) is 1. The minimum absolute atomic E-state index is 0. The van der Waals surface area contributed by atoms with E-state index >= 15 is 0 Å². The highest BCUT2D eigenvalue weighted by Crippen LogP contribution is 2.34. The molecule has 0 amide bonds. The molecule has 0 saturated heterocycles. The molecular formula is C12H16Cl2F3N. The lowest BCUT2D eigenvalue weighted by Gasteiger charge is -2.17. The van der Waals surface area contributed by atoms with Crippen molar-refractivity contribution in [3.05, 3.63) is 34.3 Å². The van der Waals surface area contributed by atoms with Crippen molar-refractivity contribution >= 4 is 24.0 Å². The topological polar surface area (TPSA) is 26.0 Å². The molecular weight excluding hydrogens is 286 g/mol. The van der Waals surface area contributed by atoms with E-state index in [0.717, 1.165) is 12.1 Å². The van der Waals surface area contributed by atoms with E-state index in [2.05, 4.69) is 0 Å². The Balaban J connectivity index is 0.00000289. The van der Waals surface area contributed by atoms with Gasteiger partial charge in [0.1, 0.15) is 0 Å². The lowest BCUT2D eigenvalue weighted by molar-refractivity contribution is -0.137. The van der Waals surface area contributed by atoms with Gasteiger partial charge in [0.15, 0.2) is 0 Å². The quantitative estimate of drug-likeness (QED) is 0.850. The Labute approximate surface area is 116 Å². The van der Waals surface area contributed by atoms with E-state index in [4.69, 9.17) is 17.3 Å². The first-order valence-corrected chi connectivity index (χ1v) is 5.72. The fourth-order valence-electron chi connectivity index (χ4n) is 1.64. The molecule has 1 atom stereocenters. The molecule has 0 bridgehead atoms.